The van der Waals surface area contributed by atoms with Crippen molar-refractivity contribution in [2.75, 3.05) is 25.0 Å². The summed E-state index contributed by atoms with van der Waals surface area (Å²) in [5.41, 5.74) is 3.12. The molecule has 1 aliphatic rings. The molecule has 0 unspecified atom stereocenters. The van der Waals surface area contributed by atoms with Gasteiger partial charge in [-0.2, -0.15) is 0 Å². The molecule has 0 spiro atoms. The molecule has 0 aliphatic carbocycles. The Morgan fingerprint density at radius 2 is 1.88 bits per heavy atom. The Morgan fingerprint density at radius 3 is 2.54 bits per heavy atom. The van der Waals surface area contributed by atoms with E-state index in [2.05, 4.69) is 0 Å². The topological polar surface area (TPSA) is 66.7 Å². The standard InChI is InChI=1S/C20H23N3O3/c1-15-7-3-4-8-17(15)14-21(2)20(24)16-9-10-18(19(13-16)23(25)26)22-11-5-6-12-22/h3-4,7-10,13H,5-6,11-12,14H2,1-2H3. The van der Waals surface area contributed by atoms with E-state index in [4.69, 9.17) is 0 Å². The van der Waals surface area contributed by atoms with Gasteiger partial charge in [0.15, 0.2) is 0 Å². The zero-order valence-electron chi connectivity index (χ0n) is 15.1. The quantitative estimate of drug-likeness (QED) is 0.606. The van der Waals surface area contributed by atoms with Crippen LogP contribution in [0.5, 0.6) is 0 Å². The van der Waals surface area contributed by atoms with Crippen molar-refractivity contribution in [2.24, 2.45) is 0 Å². The Kier molecular flexibility index (Phi) is 5.21. The summed E-state index contributed by atoms with van der Waals surface area (Å²) in [6, 6.07) is 12.7. The van der Waals surface area contributed by atoms with Crippen molar-refractivity contribution in [3.05, 3.63) is 69.3 Å². The van der Waals surface area contributed by atoms with Crippen LogP contribution in [0.3, 0.4) is 0 Å². The zero-order chi connectivity index (χ0) is 18.7. The van der Waals surface area contributed by atoms with Gasteiger partial charge in [-0.1, -0.05) is 24.3 Å². The van der Waals surface area contributed by atoms with Crippen molar-refractivity contribution in [1.29, 1.82) is 0 Å². The first-order valence-corrected chi connectivity index (χ1v) is 8.80. The van der Waals surface area contributed by atoms with Crippen LogP contribution in [0.2, 0.25) is 0 Å². The van der Waals surface area contributed by atoms with Crippen LogP contribution in [0.1, 0.15) is 34.3 Å². The summed E-state index contributed by atoms with van der Waals surface area (Å²) in [6.45, 7) is 4.11. The van der Waals surface area contributed by atoms with E-state index < -0.39 is 4.92 Å². The number of nitrogens with zero attached hydrogens (tertiary/aromatic N) is 3. The first-order valence-electron chi connectivity index (χ1n) is 8.80. The molecule has 0 N–H and O–H groups in total. The number of rotatable bonds is 5. The molecule has 3 rings (SSSR count). The molecule has 0 aromatic heterocycles. The minimum atomic E-state index is -0.397. The fourth-order valence-electron chi connectivity index (χ4n) is 3.36. The maximum atomic E-state index is 12.8. The molecule has 6 nitrogen and oxygen atoms in total. The average molecular weight is 353 g/mol. The highest BCUT2D eigenvalue weighted by Gasteiger charge is 2.24. The van der Waals surface area contributed by atoms with Crippen molar-refractivity contribution in [3.8, 4) is 0 Å². The molecule has 1 amide bonds. The van der Waals surface area contributed by atoms with E-state index in [9.17, 15) is 14.9 Å². The van der Waals surface area contributed by atoms with Crippen LogP contribution >= 0.6 is 0 Å². The third kappa shape index (κ3) is 3.69. The monoisotopic (exact) mass is 353 g/mol. The Hall–Kier alpha value is -2.89. The Bertz CT molecular complexity index is 829. The van der Waals surface area contributed by atoms with Gasteiger partial charge in [-0.3, -0.25) is 14.9 Å². The fourth-order valence-corrected chi connectivity index (χ4v) is 3.36. The molecule has 2 aromatic carbocycles. The van der Waals surface area contributed by atoms with Crippen LogP contribution in [-0.2, 0) is 6.54 Å². The summed E-state index contributed by atoms with van der Waals surface area (Å²) in [5.74, 6) is -0.218. The van der Waals surface area contributed by atoms with E-state index >= 15 is 0 Å². The first kappa shape index (κ1) is 17.9. The van der Waals surface area contributed by atoms with Gasteiger partial charge in [0.25, 0.3) is 11.6 Å². The summed E-state index contributed by atoms with van der Waals surface area (Å²) in [4.78, 5) is 27.5. The van der Waals surface area contributed by atoms with Crippen molar-refractivity contribution >= 4 is 17.3 Å². The Labute approximate surface area is 153 Å². The van der Waals surface area contributed by atoms with E-state index in [1.54, 1.807) is 24.1 Å². The largest absolute Gasteiger partial charge is 0.366 e. The molecule has 6 heteroatoms. The van der Waals surface area contributed by atoms with E-state index in [1.165, 1.54) is 6.07 Å². The lowest BCUT2D eigenvalue weighted by molar-refractivity contribution is -0.384. The van der Waals surface area contributed by atoms with Crippen LogP contribution in [0.25, 0.3) is 0 Å². The summed E-state index contributed by atoms with van der Waals surface area (Å²) in [5, 5.41) is 11.5. The summed E-state index contributed by atoms with van der Waals surface area (Å²) in [7, 11) is 1.72. The highest BCUT2D eigenvalue weighted by molar-refractivity contribution is 5.95. The summed E-state index contributed by atoms with van der Waals surface area (Å²) < 4.78 is 0. The van der Waals surface area contributed by atoms with Crippen molar-refractivity contribution in [1.82, 2.24) is 4.90 Å². The minimum absolute atomic E-state index is 0.00189. The van der Waals surface area contributed by atoms with Gasteiger partial charge < -0.3 is 9.80 Å². The van der Waals surface area contributed by atoms with Crippen LogP contribution < -0.4 is 4.90 Å². The third-order valence-corrected chi connectivity index (χ3v) is 4.88. The predicted octanol–water partition coefficient (Wildman–Crippen LogP) is 3.78. The predicted molar refractivity (Wildman–Crippen MR) is 102 cm³/mol. The smallest absolute Gasteiger partial charge is 0.293 e. The summed E-state index contributed by atoms with van der Waals surface area (Å²) >= 11 is 0. The number of nitro groups is 1. The Balaban J connectivity index is 1.83. The molecular formula is C20H23N3O3. The molecular weight excluding hydrogens is 330 g/mol. The molecule has 26 heavy (non-hydrogen) atoms. The van der Waals surface area contributed by atoms with Gasteiger partial charge in [0.1, 0.15) is 5.69 Å². The van der Waals surface area contributed by atoms with Gasteiger partial charge in [0, 0.05) is 38.3 Å². The zero-order valence-corrected chi connectivity index (χ0v) is 15.1. The first-order chi connectivity index (χ1) is 12.5. The lowest BCUT2D eigenvalue weighted by atomic mass is 10.1. The molecule has 1 heterocycles. The highest BCUT2D eigenvalue weighted by Crippen LogP contribution is 2.32. The van der Waals surface area contributed by atoms with Crippen LogP contribution in [0.4, 0.5) is 11.4 Å². The lowest BCUT2D eigenvalue weighted by Gasteiger charge is -2.20. The number of anilines is 1. The van der Waals surface area contributed by atoms with Crippen LogP contribution in [0.15, 0.2) is 42.5 Å². The van der Waals surface area contributed by atoms with Gasteiger partial charge in [-0.15, -0.1) is 0 Å². The second kappa shape index (κ2) is 7.56. The minimum Gasteiger partial charge on any atom is -0.366 e. The summed E-state index contributed by atoms with van der Waals surface area (Å²) in [6.07, 6.45) is 2.08. The number of aryl methyl sites for hydroxylation is 1. The number of amides is 1. The molecule has 0 atom stereocenters. The number of hydrogen-bond donors (Lipinski definition) is 0. The van der Waals surface area contributed by atoms with Crippen LogP contribution in [0, 0.1) is 17.0 Å². The second-order valence-electron chi connectivity index (χ2n) is 6.74. The molecule has 0 saturated carbocycles. The van der Waals surface area contributed by atoms with E-state index in [1.807, 2.05) is 36.1 Å². The number of nitro benzene ring substituents is 1. The van der Waals surface area contributed by atoms with E-state index in [-0.39, 0.29) is 11.6 Å². The van der Waals surface area contributed by atoms with Gasteiger partial charge in [-0.05, 0) is 43.0 Å². The second-order valence-corrected chi connectivity index (χ2v) is 6.74. The van der Waals surface area contributed by atoms with Gasteiger partial charge >= 0.3 is 0 Å². The maximum Gasteiger partial charge on any atom is 0.293 e. The number of benzene rings is 2. The van der Waals surface area contributed by atoms with E-state index in [0.717, 1.165) is 37.1 Å². The Morgan fingerprint density at radius 1 is 1.19 bits per heavy atom. The normalized spacial score (nSPS) is 13.7. The van der Waals surface area contributed by atoms with Crippen molar-refractivity contribution in [3.63, 3.8) is 0 Å². The van der Waals surface area contributed by atoms with Gasteiger partial charge in [0.2, 0.25) is 0 Å². The van der Waals surface area contributed by atoms with Gasteiger partial charge in [0.05, 0.1) is 4.92 Å². The highest BCUT2D eigenvalue weighted by atomic mass is 16.6. The van der Waals surface area contributed by atoms with E-state index in [0.29, 0.717) is 17.8 Å². The molecule has 1 fully saturated rings. The van der Waals surface area contributed by atoms with Crippen molar-refractivity contribution < 1.29 is 9.72 Å². The molecule has 0 radical (unpaired) electrons. The molecule has 2 aromatic rings. The SMILES string of the molecule is Cc1ccccc1CN(C)C(=O)c1ccc(N2CCCC2)c([N+](=O)[O-])c1. The maximum absolute atomic E-state index is 12.8. The van der Waals surface area contributed by atoms with Crippen molar-refractivity contribution in [2.45, 2.75) is 26.3 Å². The number of carbonyl (C=O) groups is 1. The number of hydrogen-bond acceptors (Lipinski definition) is 4. The lowest BCUT2D eigenvalue weighted by Crippen LogP contribution is -2.27. The molecule has 136 valence electrons. The average Bonchev–Trinajstić information content (AvgIpc) is 3.17. The molecule has 0 bridgehead atoms. The fraction of sp³-hybridized carbons (Fsp3) is 0.350. The number of carbonyl (C=O) groups excluding carboxylic acids is 1. The molecule has 1 aliphatic heterocycles. The third-order valence-electron chi connectivity index (χ3n) is 4.88. The molecule has 1 saturated heterocycles. The van der Waals surface area contributed by atoms with Crippen LogP contribution in [-0.4, -0.2) is 35.9 Å². The van der Waals surface area contributed by atoms with Gasteiger partial charge in [-0.25, -0.2) is 0 Å².